The molecule has 1 amide bonds. The van der Waals surface area contributed by atoms with Crippen LogP contribution in [0.3, 0.4) is 0 Å². The number of hydrogen-bond acceptors (Lipinski definition) is 2. The summed E-state index contributed by atoms with van der Waals surface area (Å²) >= 11 is 0. The Balaban J connectivity index is 1.43. The van der Waals surface area contributed by atoms with Crippen LogP contribution in [0.1, 0.15) is 60.0 Å². The van der Waals surface area contributed by atoms with Gasteiger partial charge >= 0.3 is 0 Å². The van der Waals surface area contributed by atoms with Crippen LogP contribution >= 0.6 is 0 Å². The first kappa shape index (κ1) is 18.1. The first-order valence-electron chi connectivity index (χ1n) is 10.4. The maximum Gasteiger partial charge on any atom is 0.253 e. The van der Waals surface area contributed by atoms with E-state index in [0.717, 1.165) is 31.5 Å². The molecule has 2 aliphatic rings. The molecule has 4 rings (SSSR count). The number of aryl methyl sites for hydroxylation is 1. The van der Waals surface area contributed by atoms with Gasteiger partial charge < -0.3 is 9.80 Å². The van der Waals surface area contributed by atoms with E-state index in [4.69, 9.17) is 0 Å². The molecule has 1 fully saturated rings. The minimum absolute atomic E-state index is 0.164. The molecule has 1 aliphatic heterocycles. The molecule has 0 saturated heterocycles. The van der Waals surface area contributed by atoms with Gasteiger partial charge in [-0.2, -0.15) is 0 Å². The molecule has 0 N–H and O–H groups in total. The number of amides is 1. The third kappa shape index (κ3) is 4.02. The quantitative estimate of drug-likeness (QED) is 0.760. The van der Waals surface area contributed by atoms with Crippen LogP contribution in [0.2, 0.25) is 0 Å². The lowest BCUT2D eigenvalue weighted by Crippen LogP contribution is -2.38. The van der Waals surface area contributed by atoms with Gasteiger partial charge in [0.2, 0.25) is 0 Å². The first-order valence-corrected chi connectivity index (χ1v) is 10.4. The van der Waals surface area contributed by atoms with Crippen LogP contribution in [0.5, 0.6) is 0 Å². The molecule has 1 saturated carbocycles. The highest BCUT2D eigenvalue weighted by Crippen LogP contribution is 2.28. The largest absolute Gasteiger partial charge is 0.367 e. The van der Waals surface area contributed by atoms with Crippen molar-refractivity contribution >= 4 is 11.6 Å². The number of rotatable bonds is 4. The van der Waals surface area contributed by atoms with Gasteiger partial charge in [0.15, 0.2) is 0 Å². The molecule has 3 heteroatoms. The molecule has 0 unspecified atom stereocenters. The normalized spacial score (nSPS) is 17.4. The molecule has 2 aromatic carbocycles. The Labute approximate surface area is 163 Å². The van der Waals surface area contributed by atoms with Gasteiger partial charge in [-0.25, -0.2) is 0 Å². The lowest BCUT2D eigenvalue weighted by molar-refractivity contribution is 0.0696. The molecule has 27 heavy (non-hydrogen) atoms. The van der Waals surface area contributed by atoms with Gasteiger partial charge in [-0.1, -0.05) is 49.6 Å². The van der Waals surface area contributed by atoms with Gasteiger partial charge in [-0.15, -0.1) is 0 Å². The number of nitrogens with zero attached hydrogens (tertiary/aromatic N) is 2. The van der Waals surface area contributed by atoms with Crippen molar-refractivity contribution in [3.63, 3.8) is 0 Å². The molecule has 3 nitrogen and oxygen atoms in total. The summed E-state index contributed by atoms with van der Waals surface area (Å²) in [7, 11) is 1.97. The van der Waals surface area contributed by atoms with E-state index in [1.807, 2.05) is 24.1 Å². The van der Waals surface area contributed by atoms with E-state index >= 15 is 0 Å². The predicted octanol–water partition coefficient (Wildman–Crippen LogP) is 5.04. The molecule has 0 bridgehead atoms. The minimum Gasteiger partial charge on any atom is -0.367 e. The number of carbonyl (C=O) groups is 1. The molecule has 0 aromatic heterocycles. The number of carbonyl (C=O) groups excluding carboxylic acids is 1. The average molecular weight is 363 g/mol. The van der Waals surface area contributed by atoms with Crippen LogP contribution in [0.25, 0.3) is 0 Å². The van der Waals surface area contributed by atoms with Gasteiger partial charge in [-0.05, 0) is 55.0 Å². The molecule has 0 radical (unpaired) electrons. The standard InChI is InChI=1S/C24H30N2O/c1-25(22-10-3-2-4-11-22)24(27)21-15-13-19(14-16-21)18-26-17-7-9-20-8-5-6-12-23(20)26/h5-6,8,12-16,22H,2-4,7,9-11,17-18H2,1H3. The van der Waals surface area contributed by atoms with Crippen LogP contribution in [0, 0.1) is 0 Å². The van der Waals surface area contributed by atoms with E-state index in [9.17, 15) is 4.79 Å². The third-order valence-corrected chi connectivity index (χ3v) is 6.22. The highest BCUT2D eigenvalue weighted by Gasteiger charge is 2.23. The average Bonchev–Trinajstić information content (AvgIpc) is 2.74. The molecule has 1 heterocycles. The number of benzene rings is 2. The predicted molar refractivity (Wildman–Crippen MR) is 111 cm³/mol. The van der Waals surface area contributed by atoms with E-state index in [-0.39, 0.29) is 5.91 Å². The fourth-order valence-corrected chi connectivity index (χ4v) is 4.59. The topological polar surface area (TPSA) is 23.6 Å². The lowest BCUT2D eigenvalue weighted by atomic mass is 9.94. The van der Waals surface area contributed by atoms with E-state index in [2.05, 4.69) is 41.3 Å². The highest BCUT2D eigenvalue weighted by molar-refractivity contribution is 5.94. The molecule has 0 atom stereocenters. The van der Waals surface area contributed by atoms with E-state index < -0.39 is 0 Å². The van der Waals surface area contributed by atoms with Crippen LogP contribution < -0.4 is 4.90 Å². The van der Waals surface area contributed by atoms with E-state index in [0.29, 0.717) is 6.04 Å². The van der Waals surface area contributed by atoms with Crippen LogP contribution in [-0.4, -0.2) is 30.4 Å². The van der Waals surface area contributed by atoms with Crippen LogP contribution in [-0.2, 0) is 13.0 Å². The number of fused-ring (bicyclic) bond motifs is 1. The van der Waals surface area contributed by atoms with Crippen molar-refractivity contribution < 1.29 is 4.79 Å². The fourth-order valence-electron chi connectivity index (χ4n) is 4.59. The fraction of sp³-hybridized carbons (Fsp3) is 0.458. The summed E-state index contributed by atoms with van der Waals surface area (Å²) in [5, 5.41) is 0. The highest BCUT2D eigenvalue weighted by atomic mass is 16.2. The van der Waals surface area contributed by atoms with Crippen molar-refractivity contribution in [2.75, 3.05) is 18.5 Å². The van der Waals surface area contributed by atoms with Gasteiger partial charge in [0.05, 0.1) is 0 Å². The Morgan fingerprint density at radius 3 is 2.52 bits per heavy atom. The minimum atomic E-state index is 0.164. The third-order valence-electron chi connectivity index (χ3n) is 6.22. The second-order valence-electron chi connectivity index (χ2n) is 8.06. The van der Waals surface area contributed by atoms with Crippen molar-refractivity contribution in [1.82, 2.24) is 4.90 Å². The second-order valence-corrected chi connectivity index (χ2v) is 8.06. The summed E-state index contributed by atoms with van der Waals surface area (Å²) in [6.07, 6.45) is 8.49. The molecule has 142 valence electrons. The number of anilines is 1. The summed E-state index contributed by atoms with van der Waals surface area (Å²) in [5.74, 6) is 0.164. The van der Waals surface area contributed by atoms with Crippen molar-refractivity contribution in [3.05, 3.63) is 65.2 Å². The summed E-state index contributed by atoms with van der Waals surface area (Å²) < 4.78 is 0. The van der Waals surface area contributed by atoms with Crippen LogP contribution in [0.15, 0.2) is 48.5 Å². The zero-order valence-corrected chi connectivity index (χ0v) is 16.4. The Morgan fingerprint density at radius 2 is 1.74 bits per heavy atom. The summed E-state index contributed by atoms with van der Waals surface area (Å²) in [5.41, 5.74) is 4.89. The van der Waals surface area contributed by atoms with Crippen molar-refractivity contribution in [2.45, 2.75) is 57.5 Å². The monoisotopic (exact) mass is 362 g/mol. The maximum absolute atomic E-state index is 12.8. The van der Waals surface area contributed by atoms with E-state index in [1.165, 1.54) is 48.9 Å². The Bertz CT molecular complexity index is 777. The Morgan fingerprint density at radius 1 is 1.00 bits per heavy atom. The molecular formula is C24H30N2O. The Hall–Kier alpha value is -2.29. The molecule has 1 aliphatic carbocycles. The molecule has 0 spiro atoms. The van der Waals surface area contributed by atoms with Gasteiger partial charge in [-0.3, -0.25) is 4.79 Å². The summed E-state index contributed by atoms with van der Waals surface area (Å²) in [6, 6.07) is 17.4. The van der Waals surface area contributed by atoms with Gasteiger partial charge in [0, 0.05) is 37.4 Å². The van der Waals surface area contributed by atoms with Crippen LogP contribution in [0.4, 0.5) is 5.69 Å². The van der Waals surface area contributed by atoms with Crippen molar-refractivity contribution in [1.29, 1.82) is 0 Å². The molecule has 2 aromatic rings. The second kappa shape index (κ2) is 8.16. The van der Waals surface area contributed by atoms with Crippen molar-refractivity contribution in [3.8, 4) is 0 Å². The van der Waals surface area contributed by atoms with Crippen molar-refractivity contribution in [2.24, 2.45) is 0 Å². The SMILES string of the molecule is CN(C(=O)c1ccc(CN2CCCc3ccccc32)cc1)C1CCCCC1. The summed E-state index contributed by atoms with van der Waals surface area (Å²) in [6.45, 7) is 2.01. The van der Waals surface area contributed by atoms with Gasteiger partial charge in [0.25, 0.3) is 5.91 Å². The smallest absolute Gasteiger partial charge is 0.253 e. The number of para-hydroxylation sites is 1. The Kier molecular flexibility index (Phi) is 5.47. The van der Waals surface area contributed by atoms with Gasteiger partial charge in [0.1, 0.15) is 0 Å². The zero-order valence-electron chi connectivity index (χ0n) is 16.4. The molecular weight excluding hydrogens is 332 g/mol. The van der Waals surface area contributed by atoms with E-state index in [1.54, 1.807) is 0 Å². The number of hydrogen-bond donors (Lipinski definition) is 0. The summed E-state index contributed by atoms with van der Waals surface area (Å²) in [4.78, 5) is 17.3. The lowest BCUT2D eigenvalue weighted by Gasteiger charge is -2.32. The maximum atomic E-state index is 12.8. The zero-order chi connectivity index (χ0) is 18.6. The first-order chi connectivity index (χ1) is 13.2.